The summed E-state index contributed by atoms with van der Waals surface area (Å²) in [5.74, 6) is -5.07. The SMILES string of the molecule is CC(C)C(N)C(=O)NC(CC(N)=O)C(=O)NC(Cc1c[nH]c2ccccc12)C(=O)NC(CO)C(=O)O. The van der Waals surface area contributed by atoms with E-state index in [4.69, 9.17) is 11.5 Å². The Bertz CT molecular complexity index is 1120. The van der Waals surface area contributed by atoms with Crippen LogP contribution in [0.15, 0.2) is 30.5 Å². The van der Waals surface area contributed by atoms with Crippen LogP contribution in [0.1, 0.15) is 25.8 Å². The van der Waals surface area contributed by atoms with Crippen molar-refractivity contribution in [2.75, 3.05) is 6.61 Å². The number of carbonyl (C=O) groups excluding carboxylic acids is 4. The predicted octanol–water partition coefficient (Wildman–Crippen LogP) is -1.90. The number of aromatic nitrogens is 1. The third-order valence-electron chi connectivity index (χ3n) is 5.59. The first-order valence-corrected chi connectivity index (χ1v) is 11.3. The van der Waals surface area contributed by atoms with Crippen molar-refractivity contribution in [2.45, 2.75) is 50.9 Å². The van der Waals surface area contributed by atoms with E-state index < -0.39 is 66.8 Å². The summed E-state index contributed by atoms with van der Waals surface area (Å²) in [7, 11) is 0. The molecule has 1 heterocycles. The number of rotatable bonds is 13. The van der Waals surface area contributed by atoms with Gasteiger partial charge in [0, 0.05) is 23.5 Å². The quantitative estimate of drug-likeness (QED) is 0.153. The summed E-state index contributed by atoms with van der Waals surface area (Å²) in [4.78, 5) is 64.4. The molecule has 13 heteroatoms. The summed E-state index contributed by atoms with van der Waals surface area (Å²) in [6, 6.07) is 1.90. The van der Waals surface area contributed by atoms with Crippen molar-refractivity contribution in [3.63, 3.8) is 0 Å². The minimum Gasteiger partial charge on any atom is -0.480 e. The lowest BCUT2D eigenvalue weighted by Crippen LogP contribution is -2.58. The lowest BCUT2D eigenvalue weighted by molar-refractivity contribution is -0.143. The number of aliphatic hydroxyl groups excluding tert-OH is 1. The number of aliphatic hydroxyl groups is 1. The second kappa shape index (κ2) is 12.7. The third-order valence-corrected chi connectivity index (χ3v) is 5.59. The topological polar surface area (TPSA) is 230 Å². The number of aromatic amines is 1. The van der Waals surface area contributed by atoms with Crippen molar-refractivity contribution >= 4 is 40.5 Å². The molecule has 1 aromatic heterocycles. The zero-order valence-corrected chi connectivity index (χ0v) is 20.0. The number of carboxylic acids is 1. The van der Waals surface area contributed by atoms with Gasteiger partial charge in [-0.3, -0.25) is 19.2 Å². The number of aliphatic carboxylic acids is 1. The van der Waals surface area contributed by atoms with E-state index in [9.17, 15) is 34.2 Å². The highest BCUT2D eigenvalue weighted by atomic mass is 16.4. The standard InChI is InChI=1S/C23H32N6O7/c1-11(2)19(25)22(34)28-16(8-18(24)31)21(33)27-15(20(32)29-17(10-30)23(35)36)7-12-9-26-14-6-4-3-5-13(12)14/h3-6,9,11,15-17,19,26,30H,7-8,10,25H2,1-2H3,(H2,24,31)(H,27,33)(H,28,34)(H,29,32)(H,35,36). The fourth-order valence-electron chi connectivity index (χ4n) is 3.44. The molecule has 0 aliphatic heterocycles. The highest BCUT2D eigenvalue weighted by Crippen LogP contribution is 2.19. The fourth-order valence-corrected chi connectivity index (χ4v) is 3.44. The van der Waals surface area contributed by atoms with Crippen molar-refractivity contribution < 1.29 is 34.2 Å². The van der Waals surface area contributed by atoms with Gasteiger partial charge in [0.25, 0.3) is 0 Å². The van der Waals surface area contributed by atoms with Crippen molar-refractivity contribution in [1.82, 2.24) is 20.9 Å². The van der Waals surface area contributed by atoms with E-state index in [0.29, 0.717) is 5.56 Å². The van der Waals surface area contributed by atoms with Crippen LogP contribution in [0.5, 0.6) is 0 Å². The minimum atomic E-state index is -1.61. The van der Waals surface area contributed by atoms with Crippen LogP contribution in [0, 0.1) is 5.92 Å². The molecular formula is C23H32N6O7. The number of nitrogens with two attached hydrogens (primary N) is 2. The molecule has 0 bridgehead atoms. The van der Waals surface area contributed by atoms with Crippen LogP contribution in [0.25, 0.3) is 10.9 Å². The summed E-state index contributed by atoms with van der Waals surface area (Å²) in [5.41, 5.74) is 12.5. The average molecular weight is 505 g/mol. The zero-order valence-electron chi connectivity index (χ0n) is 20.0. The maximum atomic E-state index is 13.1. The molecule has 0 saturated carbocycles. The van der Waals surface area contributed by atoms with Gasteiger partial charge in [-0.1, -0.05) is 32.0 Å². The molecular weight excluding hydrogens is 472 g/mol. The number of nitrogens with one attached hydrogen (secondary N) is 4. The Kier molecular flexibility index (Phi) is 9.93. The smallest absolute Gasteiger partial charge is 0.328 e. The first kappa shape index (κ1) is 28.3. The number of para-hydroxylation sites is 1. The Balaban J connectivity index is 2.32. The molecule has 10 N–H and O–H groups in total. The molecule has 196 valence electrons. The molecule has 2 aromatic rings. The summed E-state index contributed by atoms with van der Waals surface area (Å²) >= 11 is 0. The van der Waals surface area contributed by atoms with E-state index in [1.165, 1.54) is 0 Å². The first-order valence-electron chi connectivity index (χ1n) is 11.3. The number of carboxylic acid groups (broad SMARTS) is 1. The molecule has 13 nitrogen and oxygen atoms in total. The average Bonchev–Trinajstić information content (AvgIpc) is 3.23. The van der Waals surface area contributed by atoms with E-state index in [0.717, 1.165) is 10.9 Å². The van der Waals surface area contributed by atoms with Crippen LogP contribution in [0.3, 0.4) is 0 Å². The Morgan fingerprint density at radius 1 is 0.944 bits per heavy atom. The Morgan fingerprint density at radius 2 is 1.53 bits per heavy atom. The van der Waals surface area contributed by atoms with Gasteiger partial charge in [0.05, 0.1) is 19.1 Å². The summed E-state index contributed by atoms with van der Waals surface area (Å²) in [6.07, 6.45) is 1.02. The van der Waals surface area contributed by atoms with Gasteiger partial charge in [0.2, 0.25) is 23.6 Å². The number of carbonyl (C=O) groups is 5. The fraction of sp³-hybridized carbons (Fsp3) is 0.435. The summed E-state index contributed by atoms with van der Waals surface area (Å²) < 4.78 is 0. The van der Waals surface area contributed by atoms with E-state index in [1.54, 1.807) is 32.2 Å². The second-order valence-corrected chi connectivity index (χ2v) is 8.71. The Hall–Kier alpha value is -3.97. The molecule has 2 rings (SSSR count). The lowest BCUT2D eigenvalue weighted by atomic mass is 10.0. The van der Waals surface area contributed by atoms with Gasteiger partial charge in [0.15, 0.2) is 0 Å². The van der Waals surface area contributed by atoms with Crippen molar-refractivity contribution in [3.05, 3.63) is 36.0 Å². The summed E-state index contributed by atoms with van der Waals surface area (Å²) in [5, 5.41) is 26.3. The molecule has 0 radical (unpaired) electrons. The van der Waals surface area contributed by atoms with Crippen molar-refractivity contribution in [3.8, 4) is 0 Å². The van der Waals surface area contributed by atoms with Gasteiger partial charge in [-0.15, -0.1) is 0 Å². The molecule has 4 atom stereocenters. The maximum absolute atomic E-state index is 13.1. The second-order valence-electron chi connectivity index (χ2n) is 8.71. The molecule has 4 unspecified atom stereocenters. The number of hydrogen-bond donors (Lipinski definition) is 8. The normalized spacial score (nSPS) is 14.5. The Morgan fingerprint density at radius 3 is 2.11 bits per heavy atom. The lowest BCUT2D eigenvalue weighted by Gasteiger charge is -2.25. The Labute approximate surface area is 207 Å². The number of benzene rings is 1. The van der Waals surface area contributed by atoms with Crippen LogP contribution in [-0.2, 0) is 30.4 Å². The molecule has 0 aliphatic rings. The predicted molar refractivity (Wildman–Crippen MR) is 129 cm³/mol. The molecule has 36 heavy (non-hydrogen) atoms. The highest BCUT2D eigenvalue weighted by molar-refractivity contribution is 5.96. The molecule has 0 aliphatic carbocycles. The van der Waals surface area contributed by atoms with E-state index in [2.05, 4.69) is 20.9 Å². The number of primary amides is 1. The van der Waals surface area contributed by atoms with Gasteiger partial charge >= 0.3 is 5.97 Å². The van der Waals surface area contributed by atoms with Gasteiger partial charge in [-0.2, -0.15) is 0 Å². The minimum absolute atomic E-state index is 0.0674. The number of fused-ring (bicyclic) bond motifs is 1. The highest BCUT2D eigenvalue weighted by Gasteiger charge is 2.32. The van der Waals surface area contributed by atoms with Gasteiger partial charge in [-0.05, 0) is 17.5 Å². The van der Waals surface area contributed by atoms with Gasteiger partial charge < -0.3 is 42.6 Å². The number of hydrogen-bond acceptors (Lipinski definition) is 7. The summed E-state index contributed by atoms with van der Waals surface area (Å²) in [6.45, 7) is 2.53. The number of amides is 4. The van der Waals surface area contributed by atoms with Crippen LogP contribution in [0.4, 0.5) is 0 Å². The maximum Gasteiger partial charge on any atom is 0.328 e. The van der Waals surface area contributed by atoms with Crippen LogP contribution in [0.2, 0.25) is 0 Å². The monoisotopic (exact) mass is 504 g/mol. The van der Waals surface area contributed by atoms with E-state index in [1.807, 2.05) is 12.1 Å². The van der Waals surface area contributed by atoms with Gasteiger partial charge in [-0.25, -0.2) is 4.79 Å². The van der Waals surface area contributed by atoms with Gasteiger partial charge in [0.1, 0.15) is 18.1 Å². The van der Waals surface area contributed by atoms with Crippen LogP contribution in [-0.4, -0.2) is 75.6 Å². The zero-order chi connectivity index (χ0) is 27.0. The van der Waals surface area contributed by atoms with Crippen molar-refractivity contribution in [2.24, 2.45) is 17.4 Å². The number of H-pyrrole nitrogens is 1. The van der Waals surface area contributed by atoms with E-state index >= 15 is 0 Å². The third kappa shape index (κ3) is 7.52. The molecule has 1 aromatic carbocycles. The van der Waals surface area contributed by atoms with E-state index in [-0.39, 0.29) is 12.3 Å². The largest absolute Gasteiger partial charge is 0.480 e. The first-order chi connectivity index (χ1) is 16.9. The van der Waals surface area contributed by atoms with Crippen LogP contribution >= 0.6 is 0 Å². The molecule has 0 spiro atoms. The molecule has 0 saturated heterocycles. The molecule has 4 amide bonds. The van der Waals surface area contributed by atoms with Crippen LogP contribution < -0.4 is 27.4 Å². The van der Waals surface area contributed by atoms with Crippen molar-refractivity contribution in [1.29, 1.82) is 0 Å². The molecule has 0 fully saturated rings.